The van der Waals surface area contributed by atoms with Crippen molar-refractivity contribution in [1.82, 2.24) is 5.32 Å². The summed E-state index contributed by atoms with van der Waals surface area (Å²) in [6.45, 7) is 4.64. The predicted molar refractivity (Wildman–Crippen MR) is 231 cm³/mol. The van der Waals surface area contributed by atoms with Gasteiger partial charge < -0.3 is 9.73 Å². The molecule has 0 fully saturated rings. The summed E-state index contributed by atoms with van der Waals surface area (Å²) in [7, 11) is 0. The number of rotatable bonds is 4. The van der Waals surface area contributed by atoms with Gasteiger partial charge in [0.05, 0.1) is 0 Å². The molecule has 12 rings (SSSR count). The second-order valence-corrected chi connectivity index (χ2v) is 16.1. The fourth-order valence-electron chi connectivity index (χ4n) is 9.85. The maximum Gasteiger partial charge on any atom is 0.159 e. The summed E-state index contributed by atoms with van der Waals surface area (Å²) in [5.74, 6) is 1.48. The molecule has 2 heterocycles. The average Bonchev–Trinajstić information content (AvgIpc) is 3.74. The summed E-state index contributed by atoms with van der Waals surface area (Å²) in [5, 5.41) is 8.61. The van der Waals surface area contributed by atoms with E-state index in [0.29, 0.717) is 5.84 Å². The van der Waals surface area contributed by atoms with E-state index in [1.54, 1.807) is 0 Å². The Bertz CT molecular complexity index is 3140. The van der Waals surface area contributed by atoms with Crippen molar-refractivity contribution in [3.8, 4) is 22.3 Å². The van der Waals surface area contributed by atoms with Gasteiger partial charge in [0, 0.05) is 27.3 Å². The van der Waals surface area contributed by atoms with Gasteiger partial charge in [0.15, 0.2) is 5.84 Å². The summed E-state index contributed by atoms with van der Waals surface area (Å²) in [5.41, 5.74) is 18.0. The highest BCUT2D eigenvalue weighted by Gasteiger charge is 2.36. The number of aliphatic imine (C=N–C) groups is 2. The van der Waals surface area contributed by atoms with Gasteiger partial charge in [0.2, 0.25) is 0 Å². The zero-order valence-corrected chi connectivity index (χ0v) is 31.2. The fraction of sp³-hybridized carbons (Fsp3) is 0.115. The number of amidine groups is 2. The van der Waals surface area contributed by atoms with E-state index in [9.17, 15) is 0 Å². The third kappa shape index (κ3) is 4.53. The van der Waals surface area contributed by atoms with Crippen molar-refractivity contribution >= 4 is 56.0 Å². The zero-order valence-electron chi connectivity index (χ0n) is 31.2. The maximum atomic E-state index is 6.58. The second kappa shape index (κ2) is 11.6. The fourth-order valence-corrected chi connectivity index (χ4v) is 9.85. The molecule has 0 bridgehead atoms. The van der Waals surface area contributed by atoms with Crippen LogP contribution in [0.1, 0.15) is 70.9 Å². The van der Waals surface area contributed by atoms with Gasteiger partial charge in [0.1, 0.15) is 23.2 Å². The van der Waals surface area contributed by atoms with Crippen molar-refractivity contribution in [2.75, 3.05) is 0 Å². The number of allylic oxidation sites excluding steroid dienone is 3. The maximum absolute atomic E-state index is 6.58. The lowest BCUT2D eigenvalue weighted by Crippen LogP contribution is -2.33. The van der Waals surface area contributed by atoms with E-state index in [-0.39, 0.29) is 11.6 Å². The van der Waals surface area contributed by atoms with Crippen molar-refractivity contribution < 1.29 is 4.42 Å². The lowest BCUT2D eigenvalue weighted by molar-refractivity contribution is 0.654. The Balaban J connectivity index is 1.01. The molecule has 1 N–H and O–H groups in total. The molecule has 0 radical (unpaired) electrons. The molecule has 0 saturated heterocycles. The topological polar surface area (TPSA) is 49.9 Å². The molecule has 266 valence electrons. The second-order valence-electron chi connectivity index (χ2n) is 16.1. The third-order valence-corrected chi connectivity index (χ3v) is 12.6. The van der Waals surface area contributed by atoms with Crippen LogP contribution in [-0.4, -0.2) is 11.7 Å². The molecule has 8 aromatic rings. The first kappa shape index (κ1) is 31.6. The molecule has 0 amide bonds. The number of benzene rings is 7. The van der Waals surface area contributed by atoms with Crippen LogP contribution in [0, 0.1) is 0 Å². The average molecular weight is 720 g/mol. The number of furan rings is 1. The van der Waals surface area contributed by atoms with Gasteiger partial charge in [-0.2, -0.15) is 0 Å². The molecule has 4 nitrogen and oxygen atoms in total. The minimum Gasteiger partial charge on any atom is -0.456 e. The summed E-state index contributed by atoms with van der Waals surface area (Å²) in [4.78, 5) is 10.5. The quantitative estimate of drug-likeness (QED) is 0.197. The molecule has 1 aromatic heterocycles. The Hall–Kier alpha value is -6.78. The molecular weight excluding hydrogens is 683 g/mol. The smallest absolute Gasteiger partial charge is 0.159 e. The first-order valence-electron chi connectivity index (χ1n) is 19.6. The van der Waals surface area contributed by atoms with E-state index in [4.69, 9.17) is 14.4 Å². The van der Waals surface area contributed by atoms with Gasteiger partial charge in [-0.05, 0) is 109 Å². The molecule has 1 unspecified atom stereocenters. The van der Waals surface area contributed by atoms with E-state index in [1.165, 1.54) is 66.4 Å². The van der Waals surface area contributed by atoms with Crippen LogP contribution in [0.5, 0.6) is 0 Å². The molecule has 3 aliphatic carbocycles. The first-order chi connectivity index (χ1) is 27.5. The summed E-state index contributed by atoms with van der Waals surface area (Å²) in [6, 6.07) is 48.2. The van der Waals surface area contributed by atoms with Gasteiger partial charge in [-0.25, -0.2) is 9.98 Å². The number of nitrogens with one attached hydrogen (secondary N) is 1. The van der Waals surface area contributed by atoms with Crippen LogP contribution in [0.3, 0.4) is 0 Å². The Morgan fingerprint density at radius 3 is 2.43 bits per heavy atom. The van der Waals surface area contributed by atoms with E-state index in [2.05, 4.69) is 153 Å². The molecule has 1 atom stereocenters. The number of hydrogen-bond donors (Lipinski definition) is 1. The van der Waals surface area contributed by atoms with Crippen molar-refractivity contribution in [1.29, 1.82) is 0 Å². The lowest BCUT2D eigenvalue weighted by atomic mass is 9.80. The SMILES string of the molecule is CC1(C)c2ccccc2-c2cc(C3N=C(c4ccccc4)N=C(c4cccc5oc6ccc(-c7ccc8c9c%10c(ccc79)C=CCC%10=CC8)cc6c45)N3)ccc21. The Morgan fingerprint density at radius 2 is 1.50 bits per heavy atom. The van der Waals surface area contributed by atoms with Crippen molar-refractivity contribution in [3.63, 3.8) is 0 Å². The third-order valence-electron chi connectivity index (χ3n) is 12.6. The van der Waals surface area contributed by atoms with Crippen LogP contribution in [0.15, 0.2) is 160 Å². The van der Waals surface area contributed by atoms with E-state index >= 15 is 0 Å². The minimum absolute atomic E-state index is 0.0626. The highest BCUT2D eigenvalue weighted by molar-refractivity contribution is 6.22. The standard InChI is InChI=1S/C52H37N3O/c1-52(2)42-16-7-6-14-37(42)40-29-35(22-26-43(40)52)50-53-49(33-10-4-3-5-11-33)54-51(55-50)39-15-9-17-45-48(39)41-28-34(23-27-44(41)56-45)36-24-20-32-19-18-30-12-8-13-31-21-25-38(36)47(32)46(30)31/h3-11,13-18,20-29,50H,12,19H2,1-2H3,(H,53,54,55). The first-order valence-corrected chi connectivity index (χ1v) is 19.6. The number of nitrogens with zero attached hydrogens (tertiary/aromatic N) is 2. The van der Waals surface area contributed by atoms with Gasteiger partial charge in [0.25, 0.3) is 0 Å². The van der Waals surface area contributed by atoms with Gasteiger partial charge in [-0.3, -0.25) is 0 Å². The molecule has 1 aliphatic heterocycles. The summed E-state index contributed by atoms with van der Waals surface area (Å²) < 4.78 is 6.58. The summed E-state index contributed by atoms with van der Waals surface area (Å²) in [6.07, 6.45) is 8.62. The van der Waals surface area contributed by atoms with Gasteiger partial charge in [-0.1, -0.05) is 141 Å². The zero-order chi connectivity index (χ0) is 37.1. The molecule has 4 aliphatic rings. The molecule has 56 heavy (non-hydrogen) atoms. The Kier molecular flexibility index (Phi) is 6.54. The summed E-state index contributed by atoms with van der Waals surface area (Å²) >= 11 is 0. The largest absolute Gasteiger partial charge is 0.456 e. The normalized spacial score (nSPS) is 17.3. The molecule has 7 aromatic carbocycles. The lowest BCUT2D eigenvalue weighted by Gasteiger charge is -2.25. The van der Waals surface area contributed by atoms with E-state index in [1.807, 2.05) is 18.2 Å². The van der Waals surface area contributed by atoms with Gasteiger partial charge in [-0.15, -0.1) is 0 Å². The number of hydrogen-bond acceptors (Lipinski definition) is 4. The van der Waals surface area contributed by atoms with Crippen LogP contribution in [0.25, 0.3) is 66.6 Å². The van der Waals surface area contributed by atoms with Crippen molar-refractivity contribution in [2.24, 2.45) is 9.98 Å². The van der Waals surface area contributed by atoms with Crippen LogP contribution in [-0.2, 0) is 11.8 Å². The van der Waals surface area contributed by atoms with Crippen LogP contribution < -0.4 is 5.32 Å². The van der Waals surface area contributed by atoms with Crippen molar-refractivity contribution in [2.45, 2.75) is 38.3 Å². The highest BCUT2D eigenvalue weighted by atomic mass is 16.3. The van der Waals surface area contributed by atoms with E-state index in [0.717, 1.165) is 57.3 Å². The van der Waals surface area contributed by atoms with Crippen LogP contribution >= 0.6 is 0 Å². The molecule has 4 heteroatoms. The highest BCUT2D eigenvalue weighted by Crippen LogP contribution is 2.49. The van der Waals surface area contributed by atoms with E-state index < -0.39 is 0 Å². The Morgan fingerprint density at radius 1 is 0.643 bits per heavy atom. The monoisotopic (exact) mass is 719 g/mol. The van der Waals surface area contributed by atoms with Gasteiger partial charge >= 0.3 is 0 Å². The molecular formula is C52H37N3O. The van der Waals surface area contributed by atoms with Crippen molar-refractivity contribution in [3.05, 3.63) is 190 Å². The molecule has 0 saturated carbocycles. The molecule has 0 spiro atoms. The van der Waals surface area contributed by atoms with Crippen LogP contribution in [0.2, 0.25) is 0 Å². The van der Waals surface area contributed by atoms with Crippen LogP contribution in [0.4, 0.5) is 0 Å². The number of fused-ring (bicyclic) bond motifs is 6. The minimum atomic E-state index is -0.342. The Labute approximate surface area is 325 Å². The predicted octanol–water partition coefficient (Wildman–Crippen LogP) is 12.6.